The lowest BCUT2D eigenvalue weighted by atomic mass is 10.1. The Bertz CT molecular complexity index is 618. The van der Waals surface area contributed by atoms with E-state index in [4.69, 9.17) is 5.11 Å². The van der Waals surface area contributed by atoms with Crippen LogP contribution >= 0.6 is 0 Å². The molecular weight excluding hydrogens is 290 g/mol. The molecule has 0 radical (unpaired) electrons. The maximum Gasteiger partial charge on any atom is 0.116 e. The number of pyridine rings is 1. The van der Waals surface area contributed by atoms with Crippen molar-refractivity contribution < 1.29 is 10.2 Å². The molecule has 0 fully saturated rings. The molecule has 1 atom stereocenters. The fraction of sp³-hybridized carbons (Fsp3) is 0.500. The first-order valence-corrected chi connectivity index (χ1v) is 8.31. The third-order valence-electron chi connectivity index (χ3n) is 4.10. The Balaban J connectivity index is 1.93. The van der Waals surface area contributed by atoms with Crippen LogP contribution in [0.25, 0.3) is 10.9 Å². The summed E-state index contributed by atoms with van der Waals surface area (Å²) < 4.78 is 0. The number of nitrogens with one attached hydrogen (secondary N) is 1. The van der Waals surface area contributed by atoms with Gasteiger partial charge in [-0.05, 0) is 57.1 Å². The van der Waals surface area contributed by atoms with E-state index in [2.05, 4.69) is 29.0 Å². The van der Waals surface area contributed by atoms with Gasteiger partial charge in [0.15, 0.2) is 0 Å². The average Bonchev–Trinajstić information content (AvgIpc) is 2.54. The van der Waals surface area contributed by atoms with Crippen LogP contribution in [0.2, 0.25) is 0 Å². The number of aromatic hydroxyl groups is 1. The highest BCUT2D eigenvalue weighted by Gasteiger charge is 2.08. The van der Waals surface area contributed by atoms with Crippen molar-refractivity contribution in [1.82, 2.24) is 9.88 Å². The number of anilines is 1. The quantitative estimate of drug-likeness (QED) is 0.663. The lowest BCUT2D eigenvalue weighted by Crippen LogP contribution is -2.28. The van der Waals surface area contributed by atoms with Crippen LogP contribution in [-0.4, -0.2) is 52.4 Å². The molecule has 1 unspecified atom stereocenters. The first-order chi connectivity index (χ1) is 11.1. The average molecular weight is 317 g/mol. The zero-order valence-corrected chi connectivity index (χ0v) is 14.0. The second-order valence-corrected chi connectivity index (χ2v) is 5.91. The van der Waals surface area contributed by atoms with Crippen molar-refractivity contribution in [1.29, 1.82) is 0 Å². The SMILES string of the molecule is CCN(CCO)CCCC(C)Nc1ccnc2ccc(O)cc12. The molecule has 2 aromatic rings. The highest BCUT2D eigenvalue weighted by molar-refractivity contribution is 5.92. The second kappa shape index (κ2) is 8.70. The minimum atomic E-state index is 0.216. The first kappa shape index (κ1) is 17.5. The molecule has 0 aliphatic heterocycles. The molecule has 0 aliphatic rings. The Labute approximate surface area is 138 Å². The van der Waals surface area contributed by atoms with E-state index in [0.717, 1.165) is 49.1 Å². The molecule has 5 nitrogen and oxygen atoms in total. The largest absolute Gasteiger partial charge is 0.508 e. The van der Waals surface area contributed by atoms with Crippen molar-refractivity contribution in [2.45, 2.75) is 32.7 Å². The normalized spacial score (nSPS) is 12.7. The Morgan fingerprint density at radius 2 is 2.09 bits per heavy atom. The van der Waals surface area contributed by atoms with Crippen LogP contribution in [0.5, 0.6) is 5.75 Å². The molecule has 1 heterocycles. The number of aromatic nitrogens is 1. The van der Waals surface area contributed by atoms with Gasteiger partial charge in [0.1, 0.15) is 5.75 Å². The van der Waals surface area contributed by atoms with Gasteiger partial charge in [-0.3, -0.25) is 4.98 Å². The molecule has 0 spiro atoms. The van der Waals surface area contributed by atoms with E-state index in [1.807, 2.05) is 12.1 Å². The number of nitrogens with zero attached hydrogens (tertiary/aromatic N) is 2. The summed E-state index contributed by atoms with van der Waals surface area (Å²) >= 11 is 0. The molecule has 5 heteroatoms. The van der Waals surface area contributed by atoms with Gasteiger partial charge < -0.3 is 20.4 Å². The smallest absolute Gasteiger partial charge is 0.116 e. The number of likely N-dealkylation sites (N-methyl/N-ethyl adjacent to an activating group) is 1. The number of phenols is 1. The number of fused-ring (bicyclic) bond motifs is 1. The first-order valence-electron chi connectivity index (χ1n) is 8.31. The van der Waals surface area contributed by atoms with Crippen molar-refractivity contribution >= 4 is 16.6 Å². The van der Waals surface area contributed by atoms with E-state index < -0.39 is 0 Å². The third kappa shape index (κ3) is 5.08. The molecule has 1 aromatic carbocycles. The Kier molecular flexibility index (Phi) is 6.62. The molecule has 0 saturated carbocycles. The predicted molar refractivity (Wildman–Crippen MR) is 94.9 cm³/mol. The predicted octanol–water partition coefficient (Wildman–Crippen LogP) is 2.84. The molecule has 1 aromatic heterocycles. The molecule has 3 N–H and O–H groups in total. The maximum atomic E-state index is 9.69. The summed E-state index contributed by atoms with van der Waals surface area (Å²) in [5, 5.41) is 23.2. The van der Waals surface area contributed by atoms with Gasteiger partial charge in [0, 0.05) is 29.9 Å². The summed E-state index contributed by atoms with van der Waals surface area (Å²) in [6.45, 7) is 7.21. The monoisotopic (exact) mass is 317 g/mol. The number of hydrogen-bond donors (Lipinski definition) is 3. The summed E-state index contributed by atoms with van der Waals surface area (Å²) in [6.07, 6.45) is 3.91. The van der Waals surface area contributed by atoms with Gasteiger partial charge >= 0.3 is 0 Å². The molecule has 23 heavy (non-hydrogen) atoms. The van der Waals surface area contributed by atoms with Crippen LogP contribution in [0.4, 0.5) is 5.69 Å². The number of aliphatic hydroxyl groups excluding tert-OH is 1. The van der Waals surface area contributed by atoms with Crippen LogP contribution in [-0.2, 0) is 0 Å². The highest BCUT2D eigenvalue weighted by atomic mass is 16.3. The van der Waals surface area contributed by atoms with Crippen LogP contribution < -0.4 is 5.32 Å². The lowest BCUT2D eigenvalue weighted by Gasteiger charge is -2.21. The van der Waals surface area contributed by atoms with Crippen LogP contribution in [0.1, 0.15) is 26.7 Å². The molecule has 2 rings (SSSR count). The lowest BCUT2D eigenvalue weighted by molar-refractivity contribution is 0.199. The summed E-state index contributed by atoms with van der Waals surface area (Å²) in [5.41, 5.74) is 1.88. The van der Waals surface area contributed by atoms with Crippen molar-refractivity contribution in [3.8, 4) is 5.75 Å². The van der Waals surface area contributed by atoms with Gasteiger partial charge in [-0.1, -0.05) is 6.92 Å². The molecule has 0 bridgehead atoms. The number of rotatable bonds is 9. The van der Waals surface area contributed by atoms with Crippen molar-refractivity contribution in [3.63, 3.8) is 0 Å². The molecule has 0 amide bonds. The number of phenolic OH excluding ortho intramolecular Hbond substituents is 1. The second-order valence-electron chi connectivity index (χ2n) is 5.91. The minimum Gasteiger partial charge on any atom is -0.508 e. The van der Waals surface area contributed by atoms with Gasteiger partial charge in [-0.25, -0.2) is 0 Å². The van der Waals surface area contributed by atoms with Crippen molar-refractivity contribution in [2.24, 2.45) is 0 Å². The van der Waals surface area contributed by atoms with Gasteiger partial charge in [0.2, 0.25) is 0 Å². The van der Waals surface area contributed by atoms with Gasteiger partial charge in [-0.15, -0.1) is 0 Å². The van der Waals surface area contributed by atoms with Gasteiger partial charge in [0.25, 0.3) is 0 Å². The fourth-order valence-electron chi connectivity index (χ4n) is 2.79. The molecule has 126 valence electrons. The van der Waals surface area contributed by atoms with Gasteiger partial charge in [0.05, 0.1) is 12.1 Å². The standard InChI is InChI=1S/C18H27N3O2/c1-3-21(11-12-22)10-4-5-14(2)20-18-8-9-19-17-7-6-15(23)13-16(17)18/h6-9,13-14,22-23H,3-5,10-12H2,1-2H3,(H,19,20). The zero-order chi connectivity index (χ0) is 16.7. The summed E-state index contributed by atoms with van der Waals surface area (Å²) in [6, 6.07) is 7.51. The molecular formula is C18H27N3O2. The zero-order valence-electron chi connectivity index (χ0n) is 14.0. The Morgan fingerprint density at radius 3 is 2.83 bits per heavy atom. The van der Waals surface area contributed by atoms with E-state index in [9.17, 15) is 5.11 Å². The van der Waals surface area contributed by atoms with Gasteiger partial charge in [-0.2, -0.15) is 0 Å². The third-order valence-corrected chi connectivity index (χ3v) is 4.10. The van der Waals surface area contributed by atoms with E-state index in [-0.39, 0.29) is 12.4 Å². The number of aliphatic hydroxyl groups is 1. The van der Waals surface area contributed by atoms with Crippen LogP contribution in [0.15, 0.2) is 30.5 Å². The summed E-state index contributed by atoms with van der Waals surface area (Å²) in [4.78, 5) is 6.58. The topological polar surface area (TPSA) is 68.6 Å². The fourth-order valence-corrected chi connectivity index (χ4v) is 2.79. The molecule has 0 saturated heterocycles. The maximum absolute atomic E-state index is 9.69. The van der Waals surface area contributed by atoms with E-state index in [1.165, 1.54) is 0 Å². The highest BCUT2D eigenvalue weighted by Crippen LogP contribution is 2.26. The number of benzene rings is 1. The van der Waals surface area contributed by atoms with Crippen LogP contribution in [0, 0.1) is 0 Å². The number of hydrogen-bond acceptors (Lipinski definition) is 5. The Hall–Kier alpha value is -1.85. The van der Waals surface area contributed by atoms with Crippen LogP contribution in [0.3, 0.4) is 0 Å². The minimum absolute atomic E-state index is 0.216. The van der Waals surface area contributed by atoms with Crippen molar-refractivity contribution in [3.05, 3.63) is 30.5 Å². The van der Waals surface area contributed by atoms with E-state index >= 15 is 0 Å². The summed E-state index contributed by atoms with van der Waals surface area (Å²) in [7, 11) is 0. The Morgan fingerprint density at radius 1 is 1.26 bits per heavy atom. The molecule has 0 aliphatic carbocycles. The summed E-state index contributed by atoms with van der Waals surface area (Å²) in [5.74, 6) is 0.254. The van der Waals surface area contributed by atoms with Crippen molar-refractivity contribution in [2.75, 3.05) is 31.6 Å². The van der Waals surface area contributed by atoms with E-state index in [1.54, 1.807) is 18.3 Å². The van der Waals surface area contributed by atoms with E-state index in [0.29, 0.717) is 6.04 Å².